The molecule has 0 bridgehead atoms. The molecule has 0 radical (unpaired) electrons. The van der Waals surface area contributed by atoms with E-state index in [1.54, 1.807) is 12.1 Å². The number of benzene rings is 1. The zero-order valence-corrected chi connectivity index (χ0v) is 7.37. The number of amides is 1. The maximum Gasteiger partial charge on any atom is 0.221 e. The normalized spacial score (nSPS) is 9.31. The van der Waals surface area contributed by atoms with Crippen molar-refractivity contribution < 1.29 is 9.90 Å². The summed E-state index contributed by atoms with van der Waals surface area (Å²) >= 11 is 0. The van der Waals surface area contributed by atoms with Gasteiger partial charge in [0.2, 0.25) is 5.91 Å². The molecule has 3 nitrogen and oxygen atoms in total. The first-order valence-electron chi connectivity index (χ1n) is 3.86. The van der Waals surface area contributed by atoms with E-state index < -0.39 is 0 Å². The highest BCUT2D eigenvalue weighted by atomic mass is 16.3. The Balaban J connectivity index is 2.99. The van der Waals surface area contributed by atoms with Crippen molar-refractivity contribution in [3.8, 4) is 5.75 Å². The Morgan fingerprint density at radius 2 is 2.31 bits per heavy atom. The molecule has 2 N–H and O–H groups in total. The van der Waals surface area contributed by atoms with Crippen molar-refractivity contribution in [2.24, 2.45) is 0 Å². The number of nitrogens with one attached hydrogen (secondary N) is 1. The number of carbonyl (C=O) groups is 1. The van der Waals surface area contributed by atoms with E-state index in [4.69, 9.17) is 0 Å². The van der Waals surface area contributed by atoms with Crippen LogP contribution in [0.4, 0.5) is 5.69 Å². The highest BCUT2D eigenvalue weighted by molar-refractivity contribution is 5.89. The second kappa shape index (κ2) is 3.76. The second-order valence-electron chi connectivity index (χ2n) is 2.66. The zero-order valence-electron chi connectivity index (χ0n) is 7.37. The summed E-state index contributed by atoms with van der Waals surface area (Å²) < 4.78 is 0. The molecule has 0 unspecified atom stereocenters. The molecule has 1 rings (SSSR count). The predicted molar refractivity (Wildman–Crippen MR) is 52.5 cm³/mol. The van der Waals surface area contributed by atoms with Crippen molar-refractivity contribution >= 4 is 17.7 Å². The number of phenols is 1. The lowest BCUT2D eigenvalue weighted by molar-refractivity contribution is -0.114. The van der Waals surface area contributed by atoms with Gasteiger partial charge in [0.1, 0.15) is 5.75 Å². The Morgan fingerprint density at radius 1 is 1.62 bits per heavy atom. The SMILES string of the molecule is C=Cc1cc(NC(C)=O)ccc1O. The predicted octanol–water partition coefficient (Wildman–Crippen LogP) is 1.99. The van der Waals surface area contributed by atoms with Gasteiger partial charge in [-0.1, -0.05) is 12.7 Å². The second-order valence-corrected chi connectivity index (χ2v) is 2.66. The van der Waals surface area contributed by atoms with Crippen LogP contribution in [0.5, 0.6) is 5.75 Å². The highest BCUT2D eigenvalue weighted by Crippen LogP contribution is 2.21. The monoisotopic (exact) mass is 177 g/mol. The molecule has 0 aliphatic rings. The van der Waals surface area contributed by atoms with Crippen LogP contribution < -0.4 is 5.32 Å². The lowest BCUT2D eigenvalue weighted by atomic mass is 10.2. The number of hydrogen-bond donors (Lipinski definition) is 2. The number of carbonyl (C=O) groups excluding carboxylic acids is 1. The highest BCUT2D eigenvalue weighted by Gasteiger charge is 1.99. The molecular formula is C10H11NO2. The fraction of sp³-hybridized carbons (Fsp3) is 0.100. The van der Waals surface area contributed by atoms with Gasteiger partial charge in [-0.15, -0.1) is 0 Å². The molecule has 0 saturated carbocycles. The smallest absolute Gasteiger partial charge is 0.221 e. The van der Waals surface area contributed by atoms with Crippen LogP contribution in [0.25, 0.3) is 6.08 Å². The Hall–Kier alpha value is -1.77. The molecule has 0 aromatic heterocycles. The Labute approximate surface area is 76.7 Å². The summed E-state index contributed by atoms with van der Waals surface area (Å²) in [6, 6.07) is 4.80. The maximum absolute atomic E-state index is 10.7. The minimum Gasteiger partial charge on any atom is -0.507 e. The van der Waals surface area contributed by atoms with Crippen LogP contribution in [-0.4, -0.2) is 11.0 Å². The summed E-state index contributed by atoms with van der Waals surface area (Å²) in [4.78, 5) is 10.7. The van der Waals surface area contributed by atoms with Crippen LogP contribution >= 0.6 is 0 Å². The Kier molecular flexibility index (Phi) is 2.69. The third-order valence-corrected chi connectivity index (χ3v) is 1.57. The van der Waals surface area contributed by atoms with Crippen molar-refractivity contribution in [3.05, 3.63) is 30.3 Å². The molecule has 68 valence electrons. The van der Waals surface area contributed by atoms with E-state index in [-0.39, 0.29) is 11.7 Å². The van der Waals surface area contributed by atoms with E-state index >= 15 is 0 Å². The molecule has 1 aromatic carbocycles. The van der Waals surface area contributed by atoms with Gasteiger partial charge in [0, 0.05) is 18.2 Å². The first kappa shape index (κ1) is 9.32. The summed E-state index contributed by atoms with van der Waals surface area (Å²) in [6.07, 6.45) is 1.53. The van der Waals surface area contributed by atoms with Crippen molar-refractivity contribution in [2.75, 3.05) is 5.32 Å². The van der Waals surface area contributed by atoms with Gasteiger partial charge in [0.05, 0.1) is 0 Å². The van der Waals surface area contributed by atoms with E-state index in [2.05, 4.69) is 11.9 Å². The van der Waals surface area contributed by atoms with Gasteiger partial charge >= 0.3 is 0 Å². The van der Waals surface area contributed by atoms with Gasteiger partial charge in [-0.05, 0) is 18.2 Å². The van der Waals surface area contributed by atoms with Crippen LogP contribution in [0.3, 0.4) is 0 Å². The average molecular weight is 177 g/mol. The standard InChI is InChI=1S/C10H11NO2/c1-3-8-6-9(11-7(2)12)4-5-10(8)13/h3-6,13H,1H2,2H3,(H,11,12). The third kappa shape index (κ3) is 2.33. The van der Waals surface area contributed by atoms with Crippen LogP contribution in [0.1, 0.15) is 12.5 Å². The zero-order chi connectivity index (χ0) is 9.84. The van der Waals surface area contributed by atoms with Crippen LogP contribution in [0.15, 0.2) is 24.8 Å². The van der Waals surface area contributed by atoms with Crippen LogP contribution in [0, 0.1) is 0 Å². The minimum absolute atomic E-state index is 0.138. The molecule has 13 heavy (non-hydrogen) atoms. The fourth-order valence-electron chi connectivity index (χ4n) is 0.999. The fourth-order valence-corrected chi connectivity index (χ4v) is 0.999. The van der Waals surface area contributed by atoms with Gasteiger partial charge < -0.3 is 10.4 Å². The Morgan fingerprint density at radius 3 is 2.85 bits per heavy atom. The molecule has 0 aliphatic heterocycles. The number of phenolic OH excluding ortho intramolecular Hbond substituents is 1. The van der Waals surface area contributed by atoms with E-state index in [9.17, 15) is 9.90 Å². The number of aromatic hydroxyl groups is 1. The molecule has 0 aliphatic carbocycles. The first-order valence-corrected chi connectivity index (χ1v) is 3.86. The molecule has 0 spiro atoms. The lowest BCUT2D eigenvalue weighted by Gasteiger charge is -2.04. The maximum atomic E-state index is 10.7. The van der Waals surface area contributed by atoms with Gasteiger partial charge in [-0.25, -0.2) is 0 Å². The van der Waals surface area contributed by atoms with E-state index in [1.807, 2.05) is 0 Å². The summed E-state index contributed by atoms with van der Waals surface area (Å²) in [5.41, 5.74) is 1.26. The van der Waals surface area contributed by atoms with Crippen molar-refractivity contribution in [2.45, 2.75) is 6.92 Å². The van der Waals surface area contributed by atoms with Crippen molar-refractivity contribution in [3.63, 3.8) is 0 Å². The van der Waals surface area contributed by atoms with E-state index in [0.717, 1.165) is 0 Å². The quantitative estimate of drug-likeness (QED) is 0.679. The van der Waals surface area contributed by atoms with Gasteiger partial charge in [0.15, 0.2) is 0 Å². The number of anilines is 1. The van der Waals surface area contributed by atoms with Crippen molar-refractivity contribution in [1.29, 1.82) is 0 Å². The molecule has 0 fully saturated rings. The Bertz CT molecular complexity index is 345. The number of hydrogen-bond acceptors (Lipinski definition) is 2. The molecule has 0 heterocycles. The molecule has 0 saturated heterocycles. The van der Waals surface area contributed by atoms with Crippen LogP contribution in [0.2, 0.25) is 0 Å². The van der Waals surface area contributed by atoms with E-state index in [1.165, 1.54) is 19.1 Å². The molecule has 1 amide bonds. The third-order valence-electron chi connectivity index (χ3n) is 1.57. The number of rotatable bonds is 2. The largest absolute Gasteiger partial charge is 0.507 e. The van der Waals surface area contributed by atoms with Crippen molar-refractivity contribution in [1.82, 2.24) is 0 Å². The molecule has 0 atom stereocenters. The van der Waals surface area contributed by atoms with Crippen LogP contribution in [-0.2, 0) is 4.79 Å². The summed E-state index contributed by atoms with van der Waals surface area (Å²) in [5, 5.41) is 11.9. The lowest BCUT2D eigenvalue weighted by Crippen LogP contribution is -2.05. The van der Waals surface area contributed by atoms with Gasteiger partial charge in [-0.2, -0.15) is 0 Å². The summed E-state index contributed by atoms with van der Waals surface area (Å²) in [5.74, 6) is 0.0183. The topological polar surface area (TPSA) is 49.3 Å². The average Bonchev–Trinajstić information content (AvgIpc) is 2.07. The summed E-state index contributed by atoms with van der Waals surface area (Å²) in [6.45, 7) is 4.97. The summed E-state index contributed by atoms with van der Waals surface area (Å²) in [7, 11) is 0. The van der Waals surface area contributed by atoms with E-state index in [0.29, 0.717) is 11.3 Å². The molecular weight excluding hydrogens is 166 g/mol. The molecule has 1 aromatic rings. The first-order chi connectivity index (χ1) is 6.13. The molecule has 3 heteroatoms. The van der Waals surface area contributed by atoms with Gasteiger partial charge in [-0.3, -0.25) is 4.79 Å². The minimum atomic E-state index is -0.138. The van der Waals surface area contributed by atoms with Gasteiger partial charge in [0.25, 0.3) is 0 Å².